The van der Waals surface area contributed by atoms with Gasteiger partial charge in [-0.2, -0.15) is 13.2 Å². The van der Waals surface area contributed by atoms with Crippen LogP contribution in [0, 0.1) is 5.92 Å². The molecule has 1 saturated heterocycles. The van der Waals surface area contributed by atoms with Gasteiger partial charge in [0.1, 0.15) is 0 Å². The minimum Gasteiger partial charge on any atom is -0.335 e. The predicted molar refractivity (Wildman–Crippen MR) is 88.1 cm³/mol. The summed E-state index contributed by atoms with van der Waals surface area (Å²) >= 11 is 5.92. The maximum Gasteiger partial charge on any atom is 0.471 e. The van der Waals surface area contributed by atoms with Gasteiger partial charge in [-0.25, -0.2) is 0 Å². The van der Waals surface area contributed by atoms with Crippen molar-refractivity contribution in [2.24, 2.45) is 5.92 Å². The number of fused-ring (bicyclic) bond motifs is 1. The lowest BCUT2D eigenvalue weighted by molar-refractivity contribution is -0.186. The van der Waals surface area contributed by atoms with Crippen molar-refractivity contribution in [3.05, 3.63) is 28.8 Å². The Morgan fingerprint density at radius 2 is 1.77 bits per heavy atom. The Morgan fingerprint density at radius 3 is 2.38 bits per heavy atom. The number of nitrogens with zero attached hydrogens (tertiary/aromatic N) is 2. The second-order valence-corrected chi connectivity index (χ2v) is 6.83. The Labute approximate surface area is 152 Å². The van der Waals surface area contributed by atoms with Crippen LogP contribution >= 0.6 is 11.6 Å². The fraction of sp³-hybridized carbons (Fsp3) is 0.471. The summed E-state index contributed by atoms with van der Waals surface area (Å²) in [6.45, 7) is -0.00200. The minimum atomic E-state index is -4.90. The summed E-state index contributed by atoms with van der Waals surface area (Å²) in [4.78, 5) is 38.4. The summed E-state index contributed by atoms with van der Waals surface area (Å²) in [5, 5.41) is 0.394. The van der Waals surface area contributed by atoms with Gasteiger partial charge in [0, 0.05) is 42.6 Å². The lowest BCUT2D eigenvalue weighted by Crippen LogP contribution is -2.49. The molecular weight excluding hydrogens is 373 g/mol. The van der Waals surface area contributed by atoms with Gasteiger partial charge in [-0.05, 0) is 31.0 Å². The van der Waals surface area contributed by atoms with Crippen molar-refractivity contribution in [1.29, 1.82) is 0 Å². The van der Waals surface area contributed by atoms with E-state index in [1.807, 2.05) is 0 Å². The molecule has 2 aliphatic heterocycles. The summed E-state index contributed by atoms with van der Waals surface area (Å²) in [6.07, 6.45) is -4.41. The lowest BCUT2D eigenvalue weighted by Gasteiger charge is -2.36. The van der Waals surface area contributed by atoms with Crippen molar-refractivity contribution >= 4 is 34.9 Å². The molecule has 0 radical (unpaired) electrons. The molecule has 2 heterocycles. The van der Waals surface area contributed by atoms with Crippen molar-refractivity contribution in [3.8, 4) is 0 Å². The van der Waals surface area contributed by atoms with E-state index in [0.717, 1.165) is 4.90 Å². The molecule has 2 amide bonds. The standard InChI is InChI=1S/C17H16ClF3N2O3/c18-11-1-2-13-12(9-11)14(24)5-8-23(13)15(25)10-3-6-22(7-4-10)16(26)17(19,20)21/h1-2,9-10H,3-8H2. The van der Waals surface area contributed by atoms with E-state index >= 15 is 0 Å². The highest BCUT2D eigenvalue weighted by Crippen LogP contribution is 2.32. The zero-order chi connectivity index (χ0) is 19.1. The first kappa shape index (κ1) is 18.7. The Bertz CT molecular complexity index is 758. The third-order valence-electron chi connectivity index (χ3n) is 4.75. The quantitative estimate of drug-likeness (QED) is 0.743. The van der Waals surface area contributed by atoms with Gasteiger partial charge in [0.05, 0.1) is 5.69 Å². The van der Waals surface area contributed by atoms with Gasteiger partial charge in [-0.3, -0.25) is 14.4 Å². The average molecular weight is 389 g/mol. The number of Topliss-reactive ketones (excluding diaryl/α,β-unsaturated/α-hetero) is 1. The molecule has 26 heavy (non-hydrogen) atoms. The van der Waals surface area contributed by atoms with E-state index in [1.165, 1.54) is 11.0 Å². The Morgan fingerprint density at radius 1 is 1.12 bits per heavy atom. The van der Waals surface area contributed by atoms with Gasteiger partial charge in [0.15, 0.2) is 5.78 Å². The molecule has 0 spiro atoms. The number of anilines is 1. The number of benzene rings is 1. The highest BCUT2D eigenvalue weighted by molar-refractivity contribution is 6.31. The maximum absolute atomic E-state index is 12.8. The molecular formula is C17H16ClF3N2O3. The fourth-order valence-corrected chi connectivity index (χ4v) is 3.57. The smallest absolute Gasteiger partial charge is 0.335 e. The molecule has 1 aromatic carbocycles. The van der Waals surface area contributed by atoms with E-state index in [-0.39, 0.29) is 50.6 Å². The van der Waals surface area contributed by atoms with Gasteiger partial charge in [-0.1, -0.05) is 11.6 Å². The zero-order valence-corrected chi connectivity index (χ0v) is 14.4. The molecule has 3 rings (SSSR count). The van der Waals surface area contributed by atoms with Crippen LogP contribution in [0.25, 0.3) is 0 Å². The number of rotatable bonds is 1. The van der Waals surface area contributed by atoms with Gasteiger partial charge in [0.25, 0.3) is 0 Å². The molecule has 0 saturated carbocycles. The highest BCUT2D eigenvalue weighted by atomic mass is 35.5. The first-order valence-electron chi connectivity index (χ1n) is 8.18. The van der Waals surface area contributed by atoms with E-state index in [9.17, 15) is 27.6 Å². The van der Waals surface area contributed by atoms with Crippen molar-refractivity contribution in [2.45, 2.75) is 25.4 Å². The highest BCUT2D eigenvalue weighted by Gasteiger charge is 2.44. The molecule has 5 nitrogen and oxygen atoms in total. The maximum atomic E-state index is 12.8. The van der Waals surface area contributed by atoms with Crippen LogP contribution in [-0.2, 0) is 9.59 Å². The van der Waals surface area contributed by atoms with Gasteiger partial charge in [-0.15, -0.1) is 0 Å². The number of amides is 2. The van der Waals surface area contributed by atoms with Crippen LogP contribution in [0.2, 0.25) is 5.02 Å². The van der Waals surface area contributed by atoms with Crippen LogP contribution in [0.1, 0.15) is 29.6 Å². The van der Waals surface area contributed by atoms with E-state index in [4.69, 9.17) is 11.6 Å². The van der Waals surface area contributed by atoms with Gasteiger partial charge >= 0.3 is 12.1 Å². The number of carbonyl (C=O) groups excluding carboxylic acids is 3. The topological polar surface area (TPSA) is 57.7 Å². The van der Waals surface area contributed by atoms with Gasteiger partial charge in [0.2, 0.25) is 5.91 Å². The number of hydrogen-bond donors (Lipinski definition) is 0. The first-order valence-corrected chi connectivity index (χ1v) is 8.56. The normalized spacial score (nSPS) is 18.7. The predicted octanol–water partition coefficient (Wildman–Crippen LogP) is 3.06. The number of ketones is 1. The fourth-order valence-electron chi connectivity index (χ4n) is 3.39. The van der Waals surface area contributed by atoms with Crippen molar-refractivity contribution in [3.63, 3.8) is 0 Å². The van der Waals surface area contributed by atoms with Crippen LogP contribution in [0.4, 0.5) is 18.9 Å². The molecule has 0 unspecified atom stereocenters. The van der Waals surface area contributed by atoms with Gasteiger partial charge < -0.3 is 9.80 Å². The number of carbonyl (C=O) groups is 3. The van der Waals surface area contributed by atoms with E-state index in [2.05, 4.69) is 0 Å². The second kappa shape index (κ2) is 6.90. The monoisotopic (exact) mass is 388 g/mol. The molecule has 0 N–H and O–H groups in total. The number of piperidine rings is 1. The summed E-state index contributed by atoms with van der Waals surface area (Å²) < 4.78 is 37.5. The summed E-state index contributed by atoms with van der Waals surface area (Å²) in [7, 11) is 0. The van der Waals surface area contributed by atoms with E-state index in [1.54, 1.807) is 12.1 Å². The largest absolute Gasteiger partial charge is 0.471 e. The Balaban J connectivity index is 1.71. The Kier molecular flexibility index (Phi) is 4.96. The third kappa shape index (κ3) is 3.56. The van der Waals surface area contributed by atoms with Crippen molar-refractivity contribution in [2.75, 3.05) is 24.5 Å². The summed E-state index contributed by atoms with van der Waals surface area (Å²) in [6, 6.07) is 4.71. The molecule has 0 bridgehead atoms. The van der Waals surface area contributed by atoms with Crippen LogP contribution in [-0.4, -0.2) is 48.3 Å². The SMILES string of the molecule is O=C1CCN(C(=O)C2CCN(C(=O)C(F)(F)F)CC2)c2ccc(Cl)cc21. The number of hydrogen-bond acceptors (Lipinski definition) is 3. The molecule has 0 aliphatic carbocycles. The van der Waals surface area contributed by atoms with Crippen LogP contribution in [0.15, 0.2) is 18.2 Å². The first-order chi connectivity index (χ1) is 12.2. The second-order valence-electron chi connectivity index (χ2n) is 6.39. The molecule has 1 fully saturated rings. The number of alkyl halides is 3. The van der Waals surface area contributed by atoms with E-state index in [0.29, 0.717) is 16.3 Å². The van der Waals surface area contributed by atoms with Crippen LogP contribution in [0.5, 0.6) is 0 Å². The molecule has 0 aromatic heterocycles. The molecule has 140 valence electrons. The van der Waals surface area contributed by atoms with E-state index < -0.39 is 18.0 Å². The van der Waals surface area contributed by atoms with Crippen molar-refractivity contribution in [1.82, 2.24) is 4.90 Å². The molecule has 1 aromatic rings. The molecule has 0 atom stereocenters. The third-order valence-corrected chi connectivity index (χ3v) is 4.99. The minimum absolute atomic E-state index is 0.0999. The zero-order valence-electron chi connectivity index (χ0n) is 13.7. The Hall–Kier alpha value is -2.09. The molecule has 2 aliphatic rings. The summed E-state index contributed by atoms with van der Waals surface area (Å²) in [5.74, 6) is -2.69. The van der Waals surface area contributed by atoms with Crippen molar-refractivity contribution < 1.29 is 27.6 Å². The summed E-state index contributed by atoms with van der Waals surface area (Å²) in [5.41, 5.74) is 0.853. The average Bonchev–Trinajstić information content (AvgIpc) is 2.60. The van der Waals surface area contributed by atoms with Crippen LogP contribution in [0.3, 0.4) is 0 Å². The number of likely N-dealkylation sites (tertiary alicyclic amines) is 1. The van der Waals surface area contributed by atoms with Crippen LogP contribution < -0.4 is 4.90 Å². The number of halogens is 4. The molecule has 9 heteroatoms. The lowest BCUT2D eigenvalue weighted by atomic mass is 9.92.